The van der Waals surface area contributed by atoms with E-state index in [1.807, 2.05) is 32.0 Å². The molecule has 20 heavy (non-hydrogen) atoms. The number of anilines is 1. The highest BCUT2D eigenvalue weighted by Gasteiger charge is 2.12. The molecule has 2 rings (SSSR count). The van der Waals surface area contributed by atoms with E-state index in [1.54, 1.807) is 12.1 Å². The summed E-state index contributed by atoms with van der Waals surface area (Å²) in [6, 6.07) is 8.75. The maximum atomic E-state index is 12.0. The lowest BCUT2D eigenvalue weighted by Gasteiger charge is -2.14. The van der Waals surface area contributed by atoms with E-state index in [-0.39, 0.29) is 12.1 Å². The molecule has 0 radical (unpaired) electrons. The second-order valence-electron chi connectivity index (χ2n) is 4.37. The molecular formula is C14H14Cl2N2OS. The number of urea groups is 1. The van der Waals surface area contributed by atoms with E-state index in [1.165, 1.54) is 11.3 Å². The average Bonchev–Trinajstić information content (AvgIpc) is 2.82. The zero-order valence-electron chi connectivity index (χ0n) is 11.0. The van der Waals surface area contributed by atoms with Gasteiger partial charge in [0.1, 0.15) is 0 Å². The molecule has 3 nitrogen and oxygen atoms in total. The van der Waals surface area contributed by atoms with Gasteiger partial charge >= 0.3 is 6.03 Å². The summed E-state index contributed by atoms with van der Waals surface area (Å²) in [6.45, 7) is 3.77. The molecule has 2 amide bonds. The van der Waals surface area contributed by atoms with Crippen molar-refractivity contribution in [1.29, 1.82) is 0 Å². The van der Waals surface area contributed by atoms with E-state index in [4.69, 9.17) is 23.2 Å². The Morgan fingerprint density at radius 3 is 2.65 bits per heavy atom. The summed E-state index contributed by atoms with van der Waals surface area (Å²) in [5.74, 6) is 0. The Morgan fingerprint density at radius 1 is 1.25 bits per heavy atom. The molecule has 1 heterocycles. The number of carbonyl (C=O) groups excluding carboxylic acids is 1. The number of amides is 2. The number of thiophene rings is 1. The van der Waals surface area contributed by atoms with Gasteiger partial charge in [-0.1, -0.05) is 29.3 Å². The highest BCUT2D eigenvalue weighted by Crippen LogP contribution is 2.27. The third-order valence-electron chi connectivity index (χ3n) is 2.88. The van der Waals surface area contributed by atoms with Crippen molar-refractivity contribution in [1.82, 2.24) is 5.32 Å². The van der Waals surface area contributed by atoms with Crippen molar-refractivity contribution in [3.05, 3.63) is 50.1 Å². The predicted molar refractivity (Wildman–Crippen MR) is 86.1 cm³/mol. The van der Waals surface area contributed by atoms with Crippen LogP contribution < -0.4 is 10.6 Å². The number of rotatable bonds is 3. The minimum Gasteiger partial charge on any atom is -0.331 e. The lowest BCUT2D eigenvalue weighted by molar-refractivity contribution is 0.249. The molecule has 106 valence electrons. The van der Waals surface area contributed by atoms with E-state index in [0.29, 0.717) is 15.0 Å². The second-order valence-corrected chi connectivity index (χ2v) is 6.53. The van der Waals surface area contributed by atoms with Crippen LogP contribution in [-0.2, 0) is 0 Å². The van der Waals surface area contributed by atoms with Gasteiger partial charge in [-0.05, 0) is 43.7 Å². The van der Waals surface area contributed by atoms with E-state index in [9.17, 15) is 4.79 Å². The first kappa shape index (κ1) is 15.2. The maximum absolute atomic E-state index is 12.0. The van der Waals surface area contributed by atoms with Crippen molar-refractivity contribution in [3.63, 3.8) is 0 Å². The summed E-state index contributed by atoms with van der Waals surface area (Å²) in [7, 11) is 0. The number of carbonyl (C=O) groups is 1. The van der Waals surface area contributed by atoms with E-state index in [0.717, 1.165) is 10.4 Å². The summed E-state index contributed by atoms with van der Waals surface area (Å²) in [6.07, 6.45) is 0. The van der Waals surface area contributed by atoms with Crippen LogP contribution in [0, 0.1) is 6.92 Å². The highest BCUT2D eigenvalue weighted by atomic mass is 35.5. The third-order valence-corrected chi connectivity index (χ3v) is 4.71. The minimum absolute atomic E-state index is 0.105. The molecule has 0 aliphatic heterocycles. The Hall–Kier alpha value is -1.23. The third kappa shape index (κ3) is 3.66. The van der Waals surface area contributed by atoms with Gasteiger partial charge in [-0.15, -0.1) is 11.3 Å². The first-order chi connectivity index (χ1) is 9.47. The standard InChI is InChI=1S/C14H14Cl2N2OS/c1-8-10(15)4-3-5-11(8)18-14(19)17-9(2)12-6-7-13(16)20-12/h3-7,9H,1-2H3,(H2,17,18,19)/t9-/m1/s1. The van der Waals surface area contributed by atoms with Crippen molar-refractivity contribution in [2.75, 3.05) is 5.32 Å². The zero-order valence-corrected chi connectivity index (χ0v) is 13.4. The van der Waals surface area contributed by atoms with Crippen LogP contribution in [0.5, 0.6) is 0 Å². The quantitative estimate of drug-likeness (QED) is 0.794. The summed E-state index contributed by atoms with van der Waals surface area (Å²) in [4.78, 5) is 13.0. The van der Waals surface area contributed by atoms with Crippen molar-refractivity contribution < 1.29 is 4.79 Å². The van der Waals surface area contributed by atoms with Gasteiger partial charge in [-0.3, -0.25) is 0 Å². The molecule has 0 bridgehead atoms. The molecule has 0 saturated heterocycles. The molecule has 1 aromatic carbocycles. The second kappa shape index (κ2) is 6.48. The Bertz CT molecular complexity index is 627. The summed E-state index contributed by atoms with van der Waals surface area (Å²) >= 11 is 13.4. The first-order valence-corrected chi connectivity index (χ1v) is 7.62. The van der Waals surface area contributed by atoms with Crippen molar-refractivity contribution in [2.24, 2.45) is 0 Å². The SMILES string of the molecule is Cc1c(Cl)cccc1NC(=O)N[C@H](C)c1ccc(Cl)s1. The maximum Gasteiger partial charge on any atom is 0.319 e. The molecule has 0 unspecified atom stereocenters. The van der Waals surface area contributed by atoms with Crippen LogP contribution in [0.2, 0.25) is 9.36 Å². The topological polar surface area (TPSA) is 41.1 Å². The zero-order chi connectivity index (χ0) is 14.7. The fraction of sp³-hybridized carbons (Fsp3) is 0.214. The molecule has 0 saturated carbocycles. The van der Waals surface area contributed by atoms with Crippen LogP contribution in [0.25, 0.3) is 0 Å². The van der Waals surface area contributed by atoms with Gasteiger partial charge < -0.3 is 10.6 Å². The Morgan fingerprint density at radius 2 is 2.00 bits per heavy atom. The number of halogens is 2. The van der Waals surface area contributed by atoms with Gasteiger partial charge in [-0.25, -0.2) is 4.79 Å². The van der Waals surface area contributed by atoms with Crippen LogP contribution in [0.4, 0.5) is 10.5 Å². The number of nitrogens with one attached hydrogen (secondary N) is 2. The average molecular weight is 329 g/mol. The van der Waals surface area contributed by atoms with Crippen LogP contribution in [-0.4, -0.2) is 6.03 Å². The summed E-state index contributed by atoms with van der Waals surface area (Å²) < 4.78 is 0.708. The van der Waals surface area contributed by atoms with Gasteiger partial charge in [0.25, 0.3) is 0 Å². The molecule has 6 heteroatoms. The van der Waals surface area contributed by atoms with Crippen LogP contribution in [0.1, 0.15) is 23.4 Å². The molecule has 0 aliphatic rings. The fourth-order valence-corrected chi connectivity index (χ4v) is 2.97. The summed E-state index contributed by atoms with van der Waals surface area (Å²) in [5, 5.41) is 6.28. The summed E-state index contributed by atoms with van der Waals surface area (Å²) in [5.41, 5.74) is 1.54. The molecule has 0 spiro atoms. The largest absolute Gasteiger partial charge is 0.331 e. The van der Waals surface area contributed by atoms with Gasteiger partial charge in [0.05, 0.1) is 10.4 Å². The number of hydrogen-bond donors (Lipinski definition) is 2. The molecule has 2 aromatic rings. The van der Waals surface area contributed by atoms with Gasteiger partial charge in [0.15, 0.2) is 0 Å². The Balaban J connectivity index is 2.00. The predicted octanol–water partition coefficient (Wildman–Crippen LogP) is 5.25. The van der Waals surface area contributed by atoms with Gasteiger partial charge in [0.2, 0.25) is 0 Å². The molecular weight excluding hydrogens is 315 g/mol. The van der Waals surface area contributed by atoms with E-state index in [2.05, 4.69) is 10.6 Å². The Labute approximate surface area is 131 Å². The highest BCUT2D eigenvalue weighted by molar-refractivity contribution is 7.16. The normalized spacial score (nSPS) is 12.0. The monoisotopic (exact) mass is 328 g/mol. The first-order valence-electron chi connectivity index (χ1n) is 6.05. The van der Waals surface area contributed by atoms with Crippen molar-refractivity contribution >= 4 is 46.3 Å². The van der Waals surface area contributed by atoms with Crippen LogP contribution in [0.3, 0.4) is 0 Å². The van der Waals surface area contributed by atoms with E-state index < -0.39 is 0 Å². The Kier molecular flexibility index (Phi) is 4.91. The smallest absolute Gasteiger partial charge is 0.319 e. The van der Waals surface area contributed by atoms with Crippen LogP contribution >= 0.6 is 34.5 Å². The molecule has 2 N–H and O–H groups in total. The van der Waals surface area contributed by atoms with E-state index >= 15 is 0 Å². The lowest BCUT2D eigenvalue weighted by atomic mass is 10.2. The number of hydrogen-bond acceptors (Lipinski definition) is 2. The van der Waals surface area contributed by atoms with Gasteiger partial charge in [-0.2, -0.15) is 0 Å². The van der Waals surface area contributed by atoms with Crippen molar-refractivity contribution in [3.8, 4) is 0 Å². The molecule has 1 aromatic heterocycles. The lowest BCUT2D eigenvalue weighted by Crippen LogP contribution is -2.31. The van der Waals surface area contributed by atoms with Gasteiger partial charge in [0, 0.05) is 15.6 Å². The molecule has 0 fully saturated rings. The number of benzene rings is 1. The minimum atomic E-state index is -0.271. The van der Waals surface area contributed by atoms with Crippen LogP contribution in [0.15, 0.2) is 30.3 Å². The van der Waals surface area contributed by atoms with Crippen molar-refractivity contribution in [2.45, 2.75) is 19.9 Å². The molecule has 0 aliphatic carbocycles. The molecule has 1 atom stereocenters. The fourth-order valence-electron chi connectivity index (χ4n) is 1.73.